The van der Waals surface area contributed by atoms with Gasteiger partial charge < -0.3 is 0 Å². The lowest BCUT2D eigenvalue weighted by atomic mass is 9.97. The van der Waals surface area contributed by atoms with E-state index >= 15 is 0 Å². The molecule has 0 atom stereocenters. The van der Waals surface area contributed by atoms with Crippen LogP contribution in [0.2, 0.25) is 0 Å². The molecule has 0 fully saturated rings. The molecule has 0 radical (unpaired) electrons. The van der Waals surface area contributed by atoms with Crippen LogP contribution in [0.1, 0.15) is 0 Å². The molecule has 2 nitrogen and oxygen atoms in total. The van der Waals surface area contributed by atoms with E-state index in [1.165, 1.54) is 51.5 Å². The van der Waals surface area contributed by atoms with Crippen molar-refractivity contribution >= 4 is 74.1 Å². The lowest BCUT2D eigenvalue weighted by molar-refractivity contribution is 1.29. The summed E-state index contributed by atoms with van der Waals surface area (Å²) >= 11 is 3.69. The number of hydrogen-bond acceptors (Lipinski definition) is 4. The summed E-state index contributed by atoms with van der Waals surface area (Å²) in [5.74, 6) is 0. The lowest BCUT2D eigenvalue weighted by Gasteiger charge is -2.12. The van der Waals surface area contributed by atoms with Crippen molar-refractivity contribution in [1.29, 1.82) is 0 Å². The molecule has 0 aliphatic carbocycles. The van der Waals surface area contributed by atoms with Gasteiger partial charge in [-0.05, 0) is 59.7 Å². The highest BCUT2D eigenvalue weighted by molar-refractivity contribution is 7.26. The number of nitrogens with zero attached hydrogens (tertiary/aromatic N) is 2. The Bertz CT molecular complexity index is 2480. The Kier molecular flexibility index (Phi) is 5.27. The lowest BCUT2D eigenvalue weighted by Crippen LogP contribution is -1.95. The minimum atomic E-state index is 0.899. The van der Waals surface area contributed by atoms with Gasteiger partial charge in [-0.1, -0.05) is 84.9 Å². The topological polar surface area (TPSA) is 25.8 Å². The first-order valence-electron chi connectivity index (χ1n) is 14.0. The summed E-state index contributed by atoms with van der Waals surface area (Å²) in [4.78, 5) is 10.4. The van der Waals surface area contributed by atoms with Crippen LogP contribution >= 0.6 is 22.7 Å². The Morgan fingerprint density at radius 1 is 0.333 bits per heavy atom. The molecule has 0 aliphatic heterocycles. The van der Waals surface area contributed by atoms with Crippen LogP contribution in [0.5, 0.6) is 0 Å². The van der Waals surface area contributed by atoms with E-state index in [9.17, 15) is 0 Å². The summed E-state index contributed by atoms with van der Waals surface area (Å²) in [6.45, 7) is 0. The fourth-order valence-electron chi connectivity index (χ4n) is 6.03. The molecule has 6 aromatic carbocycles. The van der Waals surface area contributed by atoms with Crippen LogP contribution < -0.4 is 0 Å². The molecule has 196 valence electrons. The van der Waals surface area contributed by atoms with E-state index in [4.69, 9.17) is 9.97 Å². The SMILES string of the molecule is c1cc(-c2ccc3c(c2)sc2ccccc23)cc(-c2nc3ccccc3nc2-c2ccc3sc4ccccc4c3c2)c1. The summed E-state index contributed by atoms with van der Waals surface area (Å²) in [7, 11) is 0. The fourth-order valence-corrected chi connectivity index (χ4v) is 8.26. The van der Waals surface area contributed by atoms with Gasteiger partial charge in [-0.3, -0.25) is 0 Å². The summed E-state index contributed by atoms with van der Waals surface area (Å²) < 4.78 is 5.22. The number of benzene rings is 6. The van der Waals surface area contributed by atoms with Gasteiger partial charge in [0.05, 0.1) is 22.4 Å². The molecule has 0 unspecified atom stereocenters. The third-order valence-corrected chi connectivity index (χ3v) is 10.4. The second kappa shape index (κ2) is 9.31. The molecular weight excluding hydrogens is 549 g/mol. The Balaban J connectivity index is 1.23. The zero-order valence-corrected chi connectivity index (χ0v) is 24.0. The van der Waals surface area contributed by atoms with Gasteiger partial charge in [0.25, 0.3) is 0 Å². The normalized spacial score (nSPS) is 11.8. The van der Waals surface area contributed by atoms with Crippen LogP contribution in [0.25, 0.3) is 85.0 Å². The van der Waals surface area contributed by atoms with Crippen molar-refractivity contribution in [2.45, 2.75) is 0 Å². The number of fused-ring (bicyclic) bond motifs is 7. The van der Waals surface area contributed by atoms with Gasteiger partial charge in [0, 0.05) is 51.5 Å². The number of aromatic nitrogens is 2. The fraction of sp³-hybridized carbons (Fsp3) is 0. The molecule has 3 heterocycles. The minimum absolute atomic E-state index is 0.899. The standard InChI is InChI=1S/C38H22N2S2/c1-5-14-33-27(10-1)29-18-16-24(22-36(29)42-33)23-8-7-9-25(20-23)37-38(40-32-13-4-3-12-31(32)39-37)26-17-19-35-30(21-26)28-11-2-6-15-34(28)41-35/h1-22H. The van der Waals surface area contributed by atoms with Gasteiger partial charge in [-0.15, -0.1) is 22.7 Å². The van der Waals surface area contributed by atoms with E-state index in [0.717, 1.165) is 33.5 Å². The van der Waals surface area contributed by atoms with Gasteiger partial charge >= 0.3 is 0 Å². The van der Waals surface area contributed by atoms with E-state index in [1.807, 2.05) is 46.9 Å². The molecule has 0 spiro atoms. The van der Waals surface area contributed by atoms with Gasteiger partial charge in [-0.25, -0.2) is 9.97 Å². The Morgan fingerprint density at radius 2 is 0.857 bits per heavy atom. The van der Waals surface area contributed by atoms with Gasteiger partial charge in [0.15, 0.2) is 0 Å². The number of hydrogen-bond donors (Lipinski definition) is 0. The summed E-state index contributed by atoms with van der Waals surface area (Å²) in [5.41, 5.74) is 8.13. The Morgan fingerprint density at radius 3 is 1.62 bits per heavy atom. The molecule has 9 aromatic rings. The van der Waals surface area contributed by atoms with Crippen LogP contribution in [-0.2, 0) is 0 Å². The maximum atomic E-state index is 5.21. The third kappa shape index (κ3) is 3.77. The molecule has 0 saturated heterocycles. The van der Waals surface area contributed by atoms with Crippen LogP contribution in [0.15, 0.2) is 133 Å². The second-order valence-electron chi connectivity index (χ2n) is 10.6. The van der Waals surface area contributed by atoms with Gasteiger partial charge in [-0.2, -0.15) is 0 Å². The first-order chi connectivity index (χ1) is 20.8. The molecule has 0 aliphatic rings. The molecule has 0 amide bonds. The summed E-state index contributed by atoms with van der Waals surface area (Å²) in [5, 5.41) is 5.19. The highest BCUT2D eigenvalue weighted by Gasteiger charge is 2.16. The first kappa shape index (κ1) is 23.8. The van der Waals surface area contributed by atoms with Crippen LogP contribution in [0.3, 0.4) is 0 Å². The highest BCUT2D eigenvalue weighted by Crippen LogP contribution is 2.40. The van der Waals surface area contributed by atoms with Crippen molar-refractivity contribution < 1.29 is 0 Å². The minimum Gasteiger partial charge on any atom is -0.244 e. The van der Waals surface area contributed by atoms with Crippen molar-refractivity contribution in [3.63, 3.8) is 0 Å². The average Bonchev–Trinajstić information content (AvgIpc) is 3.61. The quantitative estimate of drug-likeness (QED) is 0.211. The highest BCUT2D eigenvalue weighted by atomic mass is 32.1. The Labute approximate surface area is 250 Å². The van der Waals surface area contributed by atoms with Gasteiger partial charge in [0.2, 0.25) is 0 Å². The molecule has 42 heavy (non-hydrogen) atoms. The summed E-state index contributed by atoms with van der Waals surface area (Å²) in [6.07, 6.45) is 0. The first-order valence-corrected chi connectivity index (χ1v) is 15.6. The van der Waals surface area contributed by atoms with Crippen molar-refractivity contribution in [2.75, 3.05) is 0 Å². The number of thiophene rings is 2. The van der Waals surface area contributed by atoms with Gasteiger partial charge in [0.1, 0.15) is 0 Å². The van der Waals surface area contributed by atoms with E-state index in [0.29, 0.717) is 0 Å². The monoisotopic (exact) mass is 570 g/mol. The average molecular weight is 571 g/mol. The van der Waals surface area contributed by atoms with E-state index in [2.05, 4.69) is 109 Å². The zero-order chi connectivity index (χ0) is 27.6. The molecular formula is C38H22N2S2. The number of para-hydroxylation sites is 2. The molecule has 9 rings (SSSR count). The molecule has 3 aromatic heterocycles. The van der Waals surface area contributed by atoms with Crippen molar-refractivity contribution in [1.82, 2.24) is 9.97 Å². The van der Waals surface area contributed by atoms with Crippen molar-refractivity contribution in [2.24, 2.45) is 0 Å². The van der Waals surface area contributed by atoms with E-state index < -0.39 is 0 Å². The molecule has 0 bridgehead atoms. The largest absolute Gasteiger partial charge is 0.244 e. The maximum Gasteiger partial charge on any atom is 0.0973 e. The third-order valence-electron chi connectivity index (χ3n) is 8.07. The number of rotatable bonds is 3. The maximum absolute atomic E-state index is 5.21. The van der Waals surface area contributed by atoms with E-state index in [1.54, 1.807) is 0 Å². The molecule has 4 heteroatoms. The molecule has 0 N–H and O–H groups in total. The van der Waals surface area contributed by atoms with Crippen molar-refractivity contribution in [3.05, 3.63) is 133 Å². The Hall–Kier alpha value is -4.90. The van der Waals surface area contributed by atoms with Crippen LogP contribution in [0.4, 0.5) is 0 Å². The van der Waals surface area contributed by atoms with Crippen LogP contribution in [0, 0.1) is 0 Å². The van der Waals surface area contributed by atoms with Crippen LogP contribution in [-0.4, -0.2) is 9.97 Å². The summed E-state index contributed by atoms with van der Waals surface area (Å²) in [6, 6.07) is 47.7. The predicted octanol–water partition coefficient (Wildman–Crippen LogP) is 11.4. The van der Waals surface area contributed by atoms with Crippen molar-refractivity contribution in [3.8, 4) is 33.6 Å². The van der Waals surface area contributed by atoms with E-state index in [-0.39, 0.29) is 0 Å². The predicted molar refractivity (Wildman–Crippen MR) is 182 cm³/mol. The zero-order valence-electron chi connectivity index (χ0n) is 22.4. The molecule has 0 saturated carbocycles. The second-order valence-corrected chi connectivity index (χ2v) is 12.8. The smallest absolute Gasteiger partial charge is 0.0973 e.